The fourth-order valence-electron chi connectivity index (χ4n) is 5.56. The van der Waals surface area contributed by atoms with E-state index in [-0.39, 0.29) is 18.9 Å². The van der Waals surface area contributed by atoms with E-state index in [1.807, 2.05) is 42.5 Å². The van der Waals surface area contributed by atoms with E-state index in [1.54, 1.807) is 7.11 Å². The summed E-state index contributed by atoms with van der Waals surface area (Å²) in [6.07, 6.45) is 4.29. The number of ether oxygens (including phenoxy) is 4. The molecule has 1 amide bonds. The predicted octanol–water partition coefficient (Wildman–Crippen LogP) is 3.33. The standard InChI is InChI=1S/C28H36N2O6/c1-33-22-7-9-23(10-8-22)34-13-12-27(31)29-24(18-30-17-19-2-5-21(30)6-3-19)28(32)20-4-11-25-26(16-20)36-15-14-35-25/h4,7-11,16,19,21,24,28,32H,2-3,5-6,12-15,17-18H2,1H3,(H,29,31)/t19-,21+,24-,28-/m1/s1. The van der Waals surface area contributed by atoms with Crippen LogP contribution in [0.15, 0.2) is 42.5 Å². The van der Waals surface area contributed by atoms with Crippen molar-refractivity contribution in [2.75, 3.05) is 40.0 Å². The van der Waals surface area contributed by atoms with Crippen molar-refractivity contribution in [2.24, 2.45) is 5.92 Å². The molecule has 4 aliphatic rings. The molecule has 0 spiro atoms. The zero-order valence-electron chi connectivity index (χ0n) is 20.9. The third-order valence-electron chi connectivity index (χ3n) is 7.55. The molecule has 194 valence electrons. The first kappa shape index (κ1) is 24.7. The molecule has 1 saturated carbocycles. The molecular formula is C28H36N2O6. The van der Waals surface area contributed by atoms with E-state index in [4.69, 9.17) is 18.9 Å². The van der Waals surface area contributed by atoms with Gasteiger partial charge < -0.3 is 29.4 Å². The van der Waals surface area contributed by atoms with E-state index < -0.39 is 12.1 Å². The number of carbonyl (C=O) groups excluding carboxylic acids is 1. The smallest absolute Gasteiger partial charge is 0.223 e. The van der Waals surface area contributed by atoms with Gasteiger partial charge in [-0.25, -0.2) is 0 Å². The number of hydrogen-bond acceptors (Lipinski definition) is 7. The van der Waals surface area contributed by atoms with Crippen LogP contribution in [0.1, 0.15) is 43.8 Å². The van der Waals surface area contributed by atoms with Crippen molar-refractivity contribution in [3.05, 3.63) is 48.0 Å². The van der Waals surface area contributed by atoms with Crippen molar-refractivity contribution in [3.63, 3.8) is 0 Å². The van der Waals surface area contributed by atoms with E-state index in [0.717, 1.165) is 18.2 Å². The van der Waals surface area contributed by atoms with Crippen LogP contribution in [0.2, 0.25) is 0 Å². The van der Waals surface area contributed by atoms with Crippen molar-refractivity contribution < 1.29 is 28.8 Å². The highest BCUT2D eigenvalue weighted by molar-refractivity contribution is 5.76. The van der Waals surface area contributed by atoms with Gasteiger partial charge in [0.25, 0.3) is 0 Å². The maximum atomic E-state index is 12.9. The third kappa shape index (κ3) is 5.87. The Morgan fingerprint density at radius 3 is 2.47 bits per heavy atom. The lowest BCUT2D eigenvalue weighted by Gasteiger charge is -2.47. The molecule has 2 saturated heterocycles. The van der Waals surface area contributed by atoms with Gasteiger partial charge in [0.1, 0.15) is 30.8 Å². The topological polar surface area (TPSA) is 89.5 Å². The molecule has 2 aromatic carbocycles. The largest absolute Gasteiger partial charge is 0.497 e. The van der Waals surface area contributed by atoms with Gasteiger partial charge in [-0.1, -0.05) is 6.07 Å². The Kier molecular flexibility index (Phi) is 7.82. The van der Waals surface area contributed by atoms with E-state index in [0.29, 0.717) is 48.6 Å². The zero-order chi connectivity index (χ0) is 24.9. The molecule has 3 heterocycles. The minimum absolute atomic E-state index is 0.146. The molecule has 2 aromatic rings. The number of nitrogens with one attached hydrogen (secondary N) is 1. The number of nitrogens with zero attached hydrogens (tertiary/aromatic N) is 1. The third-order valence-corrected chi connectivity index (χ3v) is 7.55. The Morgan fingerprint density at radius 1 is 1.06 bits per heavy atom. The van der Waals surface area contributed by atoms with Crippen LogP contribution >= 0.6 is 0 Å². The van der Waals surface area contributed by atoms with Gasteiger partial charge in [0.2, 0.25) is 5.91 Å². The molecule has 2 bridgehead atoms. The summed E-state index contributed by atoms with van der Waals surface area (Å²) in [5.74, 6) is 3.32. The van der Waals surface area contributed by atoms with Gasteiger partial charge in [-0.3, -0.25) is 9.69 Å². The first-order valence-corrected chi connectivity index (χ1v) is 13.0. The molecule has 0 unspecified atom stereocenters. The summed E-state index contributed by atoms with van der Waals surface area (Å²) >= 11 is 0. The highest BCUT2D eigenvalue weighted by Crippen LogP contribution is 2.37. The Bertz CT molecular complexity index is 1020. The molecule has 3 aliphatic heterocycles. The van der Waals surface area contributed by atoms with Crippen LogP contribution in [-0.2, 0) is 4.79 Å². The average molecular weight is 497 g/mol. The monoisotopic (exact) mass is 496 g/mol. The Labute approximate surface area is 212 Å². The number of amides is 1. The van der Waals surface area contributed by atoms with Gasteiger partial charge in [-0.05, 0) is 73.6 Å². The fraction of sp³-hybridized carbons (Fsp3) is 0.536. The molecule has 1 aliphatic carbocycles. The quantitative estimate of drug-likeness (QED) is 0.522. The molecule has 6 rings (SSSR count). The number of methoxy groups -OCH3 is 1. The Morgan fingerprint density at radius 2 is 1.78 bits per heavy atom. The molecule has 36 heavy (non-hydrogen) atoms. The van der Waals surface area contributed by atoms with Crippen LogP contribution in [0.25, 0.3) is 0 Å². The van der Waals surface area contributed by atoms with Crippen LogP contribution in [0.4, 0.5) is 0 Å². The minimum Gasteiger partial charge on any atom is -0.497 e. The molecule has 0 aromatic heterocycles. The van der Waals surface area contributed by atoms with Crippen molar-refractivity contribution in [2.45, 2.75) is 50.3 Å². The second-order valence-corrected chi connectivity index (χ2v) is 9.92. The minimum atomic E-state index is -0.868. The van der Waals surface area contributed by atoms with Crippen molar-refractivity contribution in [1.29, 1.82) is 0 Å². The normalized spacial score (nSPS) is 22.5. The lowest BCUT2D eigenvalue weighted by atomic mass is 9.79. The van der Waals surface area contributed by atoms with Gasteiger partial charge >= 0.3 is 0 Å². The van der Waals surface area contributed by atoms with Crippen LogP contribution in [0.5, 0.6) is 23.0 Å². The number of hydrogen-bond donors (Lipinski definition) is 2. The number of aliphatic hydroxyl groups is 1. The molecule has 3 fully saturated rings. The number of carbonyl (C=O) groups is 1. The summed E-state index contributed by atoms with van der Waals surface area (Å²) in [6, 6.07) is 12.9. The number of rotatable bonds is 10. The summed E-state index contributed by atoms with van der Waals surface area (Å²) in [4.78, 5) is 15.4. The van der Waals surface area contributed by atoms with Crippen molar-refractivity contribution >= 4 is 5.91 Å². The van der Waals surface area contributed by atoms with Crippen LogP contribution in [-0.4, -0.2) is 68.0 Å². The lowest BCUT2D eigenvalue weighted by molar-refractivity contribution is -0.123. The molecular weight excluding hydrogens is 460 g/mol. The van der Waals surface area contributed by atoms with E-state index >= 15 is 0 Å². The van der Waals surface area contributed by atoms with Crippen LogP contribution < -0.4 is 24.3 Å². The SMILES string of the molecule is COc1ccc(OCCC(=O)N[C@H](CN2C[C@H]3CC[C@@H]2CC3)[C@H](O)c2ccc3c(c2)OCCO3)cc1. The van der Waals surface area contributed by atoms with Crippen LogP contribution in [0, 0.1) is 5.92 Å². The summed E-state index contributed by atoms with van der Waals surface area (Å²) in [5, 5.41) is 14.5. The average Bonchev–Trinajstić information content (AvgIpc) is 2.93. The van der Waals surface area contributed by atoms with Gasteiger partial charge in [-0.2, -0.15) is 0 Å². The van der Waals surface area contributed by atoms with Crippen molar-refractivity contribution in [1.82, 2.24) is 10.2 Å². The second kappa shape index (κ2) is 11.4. The van der Waals surface area contributed by atoms with Crippen molar-refractivity contribution in [3.8, 4) is 23.0 Å². The fourth-order valence-corrected chi connectivity index (χ4v) is 5.56. The maximum Gasteiger partial charge on any atom is 0.223 e. The van der Waals surface area contributed by atoms with Gasteiger partial charge in [0.15, 0.2) is 11.5 Å². The van der Waals surface area contributed by atoms with E-state index in [9.17, 15) is 9.90 Å². The highest BCUT2D eigenvalue weighted by Gasteiger charge is 2.36. The van der Waals surface area contributed by atoms with Gasteiger partial charge in [0, 0.05) is 19.1 Å². The van der Waals surface area contributed by atoms with Crippen LogP contribution in [0.3, 0.4) is 0 Å². The molecule has 2 atom stereocenters. The molecule has 8 heteroatoms. The number of benzene rings is 2. The number of fused-ring (bicyclic) bond motifs is 4. The number of piperidine rings is 2. The summed E-state index contributed by atoms with van der Waals surface area (Å²) < 4.78 is 22.2. The maximum absolute atomic E-state index is 12.9. The van der Waals surface area contributed by atoms with E-state index in [2.05, 4.69) is 10.2 Å². The lowest BCUT2D eigenvalue weighted by Crippen LogP contribution is -2.55. The first-order chi connectivity index (χ1) is 17.6. The van der Waals surface area contributed by atoms with Gasteiger partial charge in [0.05, 0.1) is 26.2 Å². The zero-order valence-corrected chi connectivity index (χ0v) is 20.9. The Balaban J connectivity index is 1.23. The first-order valence-electron chi connectivity index (χ1n) is 13.0. The number of aliphatic hydroxyl groups excluding tert-OH is 1. The summed E-state index contributed by atoms with van der Waals surface area (Å²) in [7, 11) is 1.62. The Hall–Kier alpha value is -2.97. The predicted molar refractivity (Wildman–Crippen MR) is 135 cm³/mol. The van der Waals surface area contributed by atoms with Gasteiger partial charge in [-0.15, -0.1) is 0 Å². The highest BCUT2D eigenvalue weighted by atomic mass is 16.6. The molecule has 8 nitrogen and oxygen atoms in total. The molecule has 2 N–H and O–H groups in total. The molecule has 0 radical (unpaired) electrons. The summed E-state index contributed by atoms with van der Waals surface area (Å²) in [6.45, 7) is 2.90. The van der Waals surface area contributed by atoms with E-state index in [1.165, 1.54) is 25.7 Å². The second-order valence-electron chi connectivity index (χ2n) is 9.92. The summed E-state index contributed by atoms with van der Waals surface area (Å²) in [5.41, 5.74) is 0.709.